The number of ether oxygens (including phenoxy) is 1. The van der Waals surface area contributed by atoms with Gasteiger partial charge in [-0.1, -0.05) is 0 Å². The normalized spacial score (nSPS) is 17.4. The van der Waals surface area contributed by atoms with Crippen LogP contribution in [0.4, 0.5) is 0 Å². The number of hydrogen-bond acceptors (Lipinski definition) is 4. The molecule has 1 aromatic heterocycles. The highest BCUT2D eigenvalue weighted by molar-refractivity contribution is 9.10. The molecule has 0 radical (unpaired) electrons. The standard InChI is InChI=1S/C14H15BrN2O4/c1-16-9-11(15)7-12(16)14(20)21-6-5-17-4-2-3-10(8-17)13(18)19/h2-4,7,9H,5-6,8H2,1H3,(H,18,19). The first-order valence-electron chi connectivity index (χ1n) is 6.39. The minimum Gasteiger partial charge on any atom is -0.545 e. The number of halogens is 1. The quantitative estimate of drug-likeness (QED) is 0.690. The third-order valence-electron chi connectivity index (χ3n) is 3.15. The van der Waals surface area contributed by atoms with E-state index in [0.29, 0.717) is 18.8 Å². The zero-order valence-corrected chi connectivity index (χ0v) is 13.1. The number of carbonyl (C=O) groups excluding carboxylic acids is 2. The summed E-state index contributed by atoms with van der Waals surface area (Å²) >= 11 is 3.29. The molecular weight excluding hydrogens is 340 g/mol. The Bertz CT molecular complexity index is 618. The highest BCUT2D eigenvalue weighted by atomic mass is 79.9. The second-order valence-electron chi connectivity index (χ2n) is 4.71. The van der Waals surface area contributed by atoms with Gasteiger partial charge in [0.25, 0.3) is 0 Å². The van der Waals surface area contributed by atoms with Crippen molar-refractivity contribution in [1.29, 1.82) is 0 Å². The fraction of sp³-hybridized carbons (Fsp3) is 0.286. The number of carboxylic acid groups (broad SMARTS) is 1. The lowest BCUT2D eigenvalue weighted by atomic mass is 10.2. The minimum atomic E-state index is -1.16. The van der Waals surface area contributed by atoms with Crippen molar-refractivity contribution < 1.29 is 24.3 Å². The van der Waals surface area contributed by atoms with Crippen LogP contribution in [0, 0.1) is 0 Å². The third kappa shape index (κ3) is 4.05. The summed E-state index contributed by atoms with van der Waals surface area (Å²) in [6, 6.07) is 1.69. The van der Waals surface area contributed by atoms with Crippen LogP contribution in [-0.2, 0) is 16.6 Å². The first-order chi connectivity index (χ1) is 9.97. The molecule has 0 aliphatic carbocycles. The number of aliphatic carboxylic acids is 1. The van der Waals surface area contributed by atoms with Crippen molar-refractivity contribution in [3.8, 4) is 0 Å². The number of quaternary nitrogens is 1. The first kappa shape index (κ1) is 15.5. The molecule has 1 aromatic rings. The Hall–Kier alpha value is -1.86. The lowest BCUT2D eigenvalue weighted by Crippen LogP contribution is -3.08. The average molecular weight is 355 g/mol. The van der Waals surface area contributed by atoms with E-state index in [1.54, 1.807) is 30.0 Å². The molecule has 0 bridgehead atoms. The van der Waals surface area contributed by atoms with Crippen LogP contribution in [0.3, 0.4) is 0 Å². The first-order valence-corrected chi connectivity index (χ1v) is 7.19. The number of carbonyl (C=O) groups is 2. The Morgan fingerprint density at radius 2 is 2.29 bits per heavy atom. The summed E-state index contributed by atoms with van der Waals surface area (Å²) < 4.78 is 7.69. The molecule has 1 aliphatic rings. The molecule has 1 aliphatic heterocycles. The highest BCUT2D eigenvalue weighted by Crippen LogP contribution is 2.14. The monoisotopic (exact) mass is 354 g/mol. The zero-order chi connectivity index (χ0) is 15.4. The molecule has 0 saturated carbocycles. The molecule has 0 amide bonds. The summed E-state index contributed by atoms with van der Waals surface area (Å²) in [7, 11) is 1.76. The van der Waals surface area contributed by atoms with Crippen molar-refractivity contribution in [2.24, 2.45) is 7.05 Å². The van der Waals surface area contributed by atoms with Crippen LogP contribution >= 0.6 is 15.9 Å². The van der Waals surface area contributed by atoms with Crippen molar-refractivity contribution >= 4 is 27.9 Å². The van der Waals surface area contributed by atoms with Gasteiger partial charge in [-0.25, -0.2) is 4.79 Å². The lowest BCUT2D eigenvalue weighted by molar-refractivity contribution is -0.842. The second kappa shape index (κ2) is 6.73. The smallest absolute Gasteiger partial charge is 0.355 e. The van der Waals surface area contributed by atoms with Gasteiger partial charge in [0.2, 0.25) is 0 Å². The lowest BCUT2D eigenvalue weighted by Gasteiger charge is -2.19. The maximum atomic E-state index is 11.9. The van der Waals surface area contributed by atoms with Gasteiger partial charge < -0.3 is 24.1 Å². The van der Waals surface area contributed by atoms with Crippen LogP contribution in [0.5, 0.6) is 0 Å². The summed E-state index contributed by atoms with van der Waals surface area (Å²) in [4.78, 5) is 23.6. The maximum Gasteiger partial charge on any atom is 0.355 e. The van der Waals surface area contributed by atoms with Crippen LogP contribution < -0.4 is 10.0 Å². The predicted octanol–water partition coefficient (Wildman–Crippen LogP) is -0.967. The molecule has 6 nitrogen and oxygen atoms in total. The summed E-state index contributed by atoms with van der Waals surface area (Å²) in [5.41, 5.74) is 0.701. The van der Waals surface area contributed by atoms with E-state index in [-0.39, 0.29) is 12.2 Å². The molecule has 2 rings (SSSR count). The highest BCUT2D eigenvalue weighted by Gasteiger charge is 2.16. The number of nitrogens with one attached hydrogen (secondary N) is 1. The van der Waals surface area contributed by atoms with Gasteiger partial charge in [-0.3, -0.25) is 0 Å². The Morgan fingerprint density at radius 3 is 2.90 bits per heavy atom. The number of hydrogen-bond donors (Lipinski definition) is 1. The zero-order valence-electron chi connectivity index (χ0n) is 11.5. The molecule has 1 unspecified atom stereocenters. The Labute approximate surface area is 130 Å². The van der Waals surface area contributed by atoms with E-state index < -0.39 is 11.9 Å². The van der Waals surface area contributed by atoms with Gasteiger partial charge in [0.1, 0.15) is 25.4 Å². The van der Waals surface area contributed by atoms with Crippen molar-refractivity contribution in [3.63, 3.8) is 0 Å². The van der Waals surface area contributed by atoms with Crippen molar-refractivity contribution in [2.75, 3.05) is 19.7 Å². The maximum absolute atomic E-state index is 11.9. The van der Waals surface area contributed by atoms with E-state index >= 15 is 0 Å². The molecule has 7 heteroatoms. The van der Waals surface area contributed by atoms with Gasteiger partial charge in [-0.05, 0) is 34.1 Å². The number of aromatic nitrogens is 1. The number of rotatable bonds is 5. The number of nitrogens with zero attached hydrogens (tertiary/aromatic N) is 1. The van der Waals surface area contributed by atoms with E-state index in [1.807, 2.05) is 6.20 Å². The Kier molecular flexibility index (Phi) is 4.98. The number of allylic oxidation sites excluding steroid dienone is 2. The van der Waals surface area contributed by atoms with Crippen molar-refractivity contribution in [3.05, 3.63) is 46.4 Å². The van der Waals surface area contributed by atoms with Gasteiger partial charge >= 0.3 is 5.97 Å². The summed E-state index contributed by atoms with van der Waals surface area (Å²) in [5.74, 6) is -1.57. The van der Waals surface area contributed by atoms with Crippen LogP contribution in [-0.4, -0.2) is 36.2 Å². The molecule has 0 saturated heterocycles. The Morgan fingerprint density at radius 1 is 1.52 bits per heavy atom. The van der Waals surface area contributed by atoms with Crippen molar-refractivity contribution in [1.82, 2.24) is 4.57 Å². The van der Waals surface area contributed by atoms with Crippen LogP contribution in [0.25, 0.3) is 0 Å². The van der Waals surface area contributed by atoms with Crippen LogP contribution in [0.1, 0.15) is 10.5 Å². The molecule has 0 aromatic carbocycles. The van der Waals surface area contributed by atoms with Gasteiger partial charge in [-0.2, -0.15) is 0 Å². The average Bonchev–Trinajstić information content (AvgIpc) is 2.78. The SMILES string of the molecule is Cn1cc(Br)cc1C(=O)OCC[NH+]1C=CC=C(C(=O)[O-])C1. The summed E-state index contributed by atoms with van der Waals surface area (Å²) in [5, 5.41) is 10.8. The predicted molar refractivity (Wildman–Crippen MR) is 76.3 cm³/mol. The fourth-order valence-electron chi connectivity index (χ4n) is 2.05. The largest absolute Gasteiger partial charge is 0.545 e. The van der Waals surface area contributed by atoms with Crippen LogP contribution in [0.2, 0.25) is 0 Å². The molecule has 0 fully saturated rings. The summed E-state index contributed by atoms with van der Waals surface area (Å²) in [6.45, 7) is 1.03. The third-order valence-corrected chi connectivity index (χ3v) is 3.58. The molecule has 21 heavy (non-hydrogen) atoms. The molecule has 1 atom stereocenters. The van der Waals surface area contributed by atoms with Gasteiger partial charge in [0.05, 0.1) is 12.2 Å². The number of esters is 1. The van der Waals surface area contributed by atoms with E-state index in [9.17, 15) is 14.7 Å². The van der Waals surface area contributed by atoms with Crippen molar-refractivity contribution in [2.45, 2.75) is 0 Å². The molecule has 2 heterocycles. The van der Waals surface area contributed by atoms with E-state index in [1.165, 1.54) is 6.08 Å². The molecular formula is C14H15BrN2O4. The van der Waals surface area contributed by atoms with Gasteiger partial charge in [-0.15, -0.1) is 0 Å². The Balaban J connectivity index is 1.81. The number of aryl methyl sites for hydroxylation is 1. The minimum absolute atomic E-state index is 0.210. The fourth-order valence-corrected chi connectivity index (χ4v) is 2.57. The molecule has 1 N–H and O–H groups in total. The molecule has 0 spiro atoms. The topological polar surface area (TPSA) is 75.8 Å². The van der Waals surface area contributed by atoms with Crippen LogP contribution in [0.15, 0.2) is 40.7 Å². The second-order valence-corrected chi connectivity index (χ2v) is 5.63. The van der Waals surface area contributed by atoms with E-state index in [2.05, 4.69) is 15.9 Å². The molecule has 112 valence electrons. The van der Waals surface area contributed by atoms with E-state index in [4.69, 9.17) is 4.74 Å². The van der Waals surface area contributed by atoms with Gasteiger partial charge in [0, 0.05) is 23.3 Å². The summed E-state index contributed by atoms with van der Waals surface area (Å²) in [6.07, 6.45) is 6.79. The number of carboxylic acids is 1. The van der Waals surface area contributed by atoms with E-state index in [0.717, 1.165) is 9.37 Å². The van der Waals surface area contributed by atoms with Gasteiger partial charge in [0.15, 0.2) is 0 Å².